The summed E-state index contributed by atoms with van der Waals surface area (Å²) in [6.07, 6.45) is 0. The predicted molar refractivity (Wildman–Crippen MR) is 101 cm³/mol. The zero-order chi connectivity index (χ0) is 18.4. The molecule has 7 heteroatoms. The minimum Gasteiger partial charge on any atom is -0.379 e. The number of nitrogens with zero attached hydrogens (tertiary/aromatic N) is 3. The second-order valence-corrected chi connectivity index (χ2v) is 6.37. The van der Waals surface area contributed by atoms with E-state index in [9.17, 15) is 4.79 Å². The topological polar surface area (TPSA) is 79.4 Å². The molecule has 1 aliphatic heterocycles. The number of aromatic nitrogens is 2. The summed E-state index contributed by atoms with van der Waals surface area (Å²) in [5.74, 6) is 0.245. The average Bonchev–Trinajstić information content (AvgIpc) is 2.64. The van der Waals surface area contributed by atoms with E-state index >= 15 is 0 Å². The van der Waals surface area contributed by atoms with E-state index in [-0.39, 0.29) is 5.91 Å². The summed E-state index contributed by atoms with van der Waals surface area (Å²) in [7, 11) is 0. The molecule has 1 aromatic carbocycles. The molecule has 0 unspecified atom stereocenters. The number of carbonyl (C=O) groups is 1. The fourth-order valence-electron chi connectivity index (χ4n) is 2.82. The number of hydrogen-bond donors (Lipinski definition) is 2. The fraction of sp³-hybridized carbons (Fsp3) is 0.421. The van der Waals surface area contributed by atoms with Gasteiger partial charge in [-0.1, -0.05) is 18.2 Å². The van der Waals surface area contributed by atoms with Crippen LogP contribution in [-0.2, 0) is 4.74 Å². The third-order valence-corrected chi connectivity index (χ3v) is 4.30. The van der Waals surface area contributed by atoms with E-state index in [0.29, 0.717) is 18.2 Å². The number of rotatable bonds is 6. The van der Waals surface area contributed by atoms with Crippen molar-refractivity contribution < 1.29 is 9.53 Å². The standard InChI is InChI=1S/C19H25N5O2/c1-14-5-3-4-6-16(14)22-19-21-15(2)13-17(23-19)18(25)20-7-8-24-9-11-26-12-10-24/h3-6,13H,7-12H2,1-2H3,(H,20,25)(H,21,22,23). The second kappa shape index (κ2) is 8.73. The van der Waals surface area contributed by atoms with Crippen LogP contribution >= 0.6 is 0 Å². The summed E-state index contributed by atoms with van der Waals surface area (Å²) in [5.41, 5.74) is 3.14. The highest BCUT2D eigenvalue weighted by Gasteiger charge is 2.13. The molecule has 1 amide bonds. The van der Waals surface area contributed by atoms with Crippen LogP contribution in [0.5, 0.6) is 0 Å². The molecule has 3 rings (SSSR count). The summed E-state index contributed by atoms with van der Waals surface area (Å²) in [4.78, 5) is 23.5. The molecule has 138 valence electrons. The number of anilines is 2. The van der Waals surface area contributed by atoms with Crippen molar-refractivity contribution in [3.8, 4) is 0 Å². The Kier molecular flexibility index (Phi) is 6.14. The summed E-state index contributed by atoms with van der Waals surface area (Å²) >= 11 is 0. The van der Waals surface area contributed by atoms with E-state index in [1.165, 1.54) is 0 Å². The van der Waals surface area contributed by atoms with Crippen LogP contribution in [0.15, 0.2) is 30.3 Å². The maximum absolute atomic E-state index is 12.4. The number of carbonyl (C=O) groups excluding carboxylic acids is 1. The van der Waals surface area contributed by atoms with Gasteiger partial charge in [-0.3, -0.25) is 9.69 Å². The summed E-state index contributed by atoms with van der Waals surface area (Å²) < 4.78 is 5.33. The number of para-hydroxylation sites is 1. The SMILES string of the molecule is Cc1cc(C(=O)NCCN2CCOCC2)nc(Nc2ccccc2C)n1. The highest BCUT2D eigenvalue weighted by Crippen LogP contribution is 2.18. The number of amides is 1. The van der Waals surface area contributed by atoms with Gasteiger partial charge in [-0.05, 0) is 31.5 Å². The average molecular weight is 355 g/mol. The van der Waals surface area contributed by atoms with Crippen molar-refractivity contribution in [3.63, 3.8) is 0 Å². The van der Waals surface area contributed by atoms with Crippen LogP contribution in [0.25, 0.3) is 0 Å². The van der Waals surface area contributed by atoms with E-state index in [0.717, 1.165) is 49.8 Å². The minimum atomic E-state index is -0.184. The highest BCUT2D eigenvalue weighted by atomic mass is 16.5. The fourth-order valence-corrected chi connectivity index (χ4v) is 2.82. The van der Waals surface area contributed by atoms with Gasteiger partial charge in [0.2, 0.25) is 5.95 Å². The van der Waals surface area contributed by atoms with Gasteiger partial charge in [-0.25, -0.2) is 9.97 Å². The number of nitrogens with one attached hydrogen (secondary N) is 2. The number of hydrogen-bond acceptors (Lipinski definition) is 6. The number of aryl methyl sites for hydroxylation is 2. The van der Waals surface area contributed by atoms with E-state index < -0.39 is 0 Å². The van der Waals surface area contributed by atoms with Crippen LogP contribution < -0.4 is 10.6 Å². The molecule has 0 radical (unpaired) electrons. The molecule has 2 aromatic rings. The van der Waals surface area contributed by atoms with Gasteiger partial charge >= 0.3 is 0 Å². The predicted octanol–water partition coefficient (Wildman–Crippen LogP) is 1.90. The van der Waals surface area contributed by atoms with E-state index in [1.54, 1.807) is 6.07 Å². The molecule has 0 bridgehead atoms. The molecule has 2 heterocycles. The van der Waals surface area contributed by atoms with Gasteiger partial charge in [-0.2, -0.15) is 0 Å². The summed E-state index contributed by atoms with van der Waals surface area (Å²) in [6, 6.07) is 9.60. The quantitative estimate of drug-likeness (QED) is 0.824. The Bertz CT molecular complexity index is 759. The van der Waals surface area contributed by atoms with Gasteiger partial charge in [0.15, 0.2) is 0 Å². The van der Waals surface area contributed by atoms with Crippen LogP contribution in [0.2, 0.25) is 0 Å². The molecular formula is C19H25N5O2. The van der Waals surface area contributed by atoms with Crippen LogP contribution in [-0.4, -0.2) is 60.2 Å². The van der Waals surface area contributed by atoms with Gasteiger partial charge in [0.1, 0.15) is 5.69 Å². The van der Waals surface area contributed by atoms with Crippen molar-refractivity contribution in [3.05, 3.63) is 47.3 Å². The minimum absolute atomic E-state index is 0.184. The molecule has 1 saturated heterocycles. The number of benzene rings is 1. The molecule has 0 spiro atoms. The molecule has 7 nitrogen and oxygen atoms in total. The number of morpholine rings is 1. The lowest BCUT2D eigenvalue weighted by atomic mass is 10.2. The van der Waals surface area contributed by atoms with Crippen LogP contribution in [0.3, 0.4) is 0 Å². The van der Waals surface area contributed by atoms with Gasteiger partial charge in [-0.15, -0.1) is 0 Å². The van der Waals surface area contributed by atoms with Crippen molar-refractivity contribution in [1.29, 1.82) is 0 Å². The molecule has 26 heavy (non-hydrogen) atoms. The van der Waals surface area contributed by atoms with Crippen LogP contribution in [0.4, 0.5) is 11.6 Å². The molecule has 1 aromatic heterocycles. The highest BCUT2D eigenvalue weighted by molar-refractivity contribution is 5.92. The maximum Gasteiger partial charge on any atom is 0.270 e. The summed E-state index contributed by atoms with van der Waals surface area (Å²) in [6.45, 7) is 8.60. The normalized spacial score (nSPS) is 14.8. The largest absolute Gasteiger partial charge is 0.379 e. The molecule has 0 saturated carbocycles. The molecule has 1 fully saturated rings. The van der Waals surface area contributed by atoms with Crippen molar-refractivity contribution in [2.45, 2.75) is 13.8 Å². The molecule has 1 aliphatic rings. The lowest BCUT2D eigenvalue weighted by Crippen LogP contribution is -2.41. The Morgan fingerprint density at radius 1 is 1.19 bits per heavy atom. The van der Waals surface area contributed by atoms with Crippen molar-refractivity contribution >= 4 is 17.5 Å². The second-order valence-electron chi connectivity index (χ2n) is 6.37. The summed E-state index contributed by atoms with van der Waals surface area (Å²) in [5, 5.41) is 6.13. The van der Waals surface area contributed by atoms with Crippen molar-refractivity contribution in [2.75, 3.05) is 44.7 Å². The Labute approximate surface area is 153 Å². The lowest BCUT2D eigenvalue weighted by molar-refractivity contribution is 0.0383. The number of ether oxygens (including phenoxy) is 1. The van der Waals surface area contributed by atoms with Gasteiger partial charge in [0.25, 0.3) is 5.91 Å². The molecule has 0 atom stereocenters. The first-order chi connectivity index (χ1) is 12.6. The monoisotopic (exact) mass is 355 g/mol. The van der Waals surface area contributed by atoms with E-state index in [4.69, 9.17) is 4.74 Å². The van der Waals surface area contributed by atoms with Gasteiger partial charge in [0.05, 0.1) is 13.2 Å². The zero-order valence-corrected chi connectivity index (χ0v) is 15.3. The Morgan fingerprint density at radius 3 is 2.73 bits per heavy atom. The van der Waals surface area contributed by atoms with E-state index in [2.05, 4.69) is 25.5 Å². The van der Waals surface area contributed by atoms with Gasteiger partial charge in [0, 0.05) is 37.6 Å². The van der Waals surface area contributed by atoms with Crippen molar-refractivity contribution in [1.82, 2.24) is 20.2 Å². The maximum atomic E-state index is 12.4. The van der Waals surface area contributed by atoms with Crippen LogP contribution in [0.1, 0.15) is 21.7 Å². The lowest BCUT2D eigenvalue weighted by Gasteiger charge is -2.26. The smallest absolute Gasteiger partial charge is 0.270 e. The Hall–Kier alpha value is -2.51. The van der Waals surface area contributed by atoms with Crippen molar-refractivity contribution in [2.24, 2.45) is 0 Å². The third-order valence-electron chi connectivity index (χ3n) is 4.30. The first-order valence-corrected chi connectivity index (χ1v) is 8.88. The Morgan fingerprint density at radius 2 is 1.96 bits per heavy atom. The molecule has 2 N–H and O–H groups in total. The zero-order valence-electron chi connectivity index (χ0n) is 15.3. The first-order valence-electron chi connectivity index (χ1n) is 8.88. The van der Waals surface area contributed by atoms with Gasteiger partial charge < -0.3 is 15.4 Å². The van der Waals surface area contributed by atoms with Crippen LogP contribution in [0, 0.1) is 13.8 Å². The third kappa shape index (κ3) is 5.00. The molecule has 0 aliphatic carbocycles. The molecular weight excluding hydrogens is 330 g/mol. The van der Waals surface area contributed by atoms with E-state index in [1.807, 2.05) is 38.1 Å². The Balaban J connectivity index is 1.61. The first kappa shape index (κ1) is 18.3.